The number of amides is 3. The normalized spacial score (nSPS) is 15.8. The highest BCUT2D eigenvalue weighted by atomic mass is 16.5. The van der Waals surface area contributed by atoms with Gasteiger partial charge in [0.1, 0.15) is 0 Å². The third-order valence-electron chi connectivity index (χ3n) is 4.06. The molecule has 1 aliphatic rings. The van der Waals surface area contributed by atoms with Crippen LogP contribution in [-0.2, 0) is 19.1 Å². The van der Waals surface area contributed by atoms with Crippen LogP contribution in [-0.4, -0.2) is 48.9 Å². The van der Waals surface area contributed by atoms with E-state index >= 15 is 0 Å². The summed E-state index contributed by atoms with van der Waals surface area (Å²) < 4.78 is 5.70. The number of nitrogens with zero attached hydrogens (tertiary/aromatic N) is 1. The Morgan fingerprint density at radius 2 is 1.88 bits per heavy atom. The van der Waals surface area contributed by atoms with Crippen molar-refractivity contribution in [2.75, 3.05) is 26.3 Å². The molecule has 0 aliphatic carbocycles. The smallest absolute Gasteiger partial charge is 0.253 e. The van der Waals surface area contributed by atoms with Crippen molar-refractivity contribution in [2.45, 2.75) is 53.4 Å². The van der Waals surface area contributed by atoms with Crippen LogP contribution >= 0.6 is 0 Å². The van der Waals surface area contributed by atoms with E-state index in [0.717, 1.165) is 37.4 Å². The number of carbonyl (C=O) groups is 3. The van der Waals surface area contributed by atoms with Gasteiger partial charge in [0.25, 0.3) is 11.8 Å². The molecular formula is C19H32N2O4. The molecule has 3 amide bonds. The molecule has 0 spiro atoms. The monoisotopic (exact) mass is 352 g/mol. The van der Waals surface area contributed by atoms with Gasteiger partial charge in [-0.15, -0.1) is 0 Å². The maximum atomic E-state index is 11.8. The van der Waals surface area contributed by atoms with E-state index in [2.05, 4.69) is 33.0 Å². The highest BCUT2D eigenvalue weighted by molar-refractivity contribution is 6.13. The molecule has 0 fully saturated rings. The van der Waals surface area contributed by atoms with Gasteiger partial charge in [-0.25, -0.2) is 0 Å². The average molecular weight is 352 g/mol. The summed E-state index contributed by atoms with van der Waals surface area (Å²) in [6.45, 7) is 11.0. The highest BCUT2D eigenvalue weighted by Gasteiger charge is 2.23. The van der Waals surface area contributed by atoms with Gasteiger partial charge in [-0.2, -0.15) is 0 Å². The minimum absolute atomic E-state index is 0.133. The van der Waals surface area contributed by atoms with Crippen molar-refractivity contribution in [2.24, 2.45) is 11.3 Å². The third kappa shape index (κ3) is 9.39. The SMILES string of the molecule is CC(CCCNC(=O)CCN1C(=O)C=CC1=O)COCCC(C)(C)C. The Morgan fingerprint density at radius 3 is 2.48 bits per heavy atom. The Labute approximate surface area is 151 Å². The van der Waals surface area contributed by atoms with Crippen molar-refractivity contribution in [3.63, 3.8) is 0 Å². The van der Waals surface area contributed by atoms with E-state index in [-0.39, 0.29) is 30.7 Å². The molecule has 0 bridgehead atoms. The van der Waals surface area contributed by atoms with E-state index in [9.17, 15) is 14.4 Å². The number of hydrogen-bond acceptors (Lipinski definition) is 4. The van der Waals surface area contributed by atoms with Gasteiger partial charge in [-0.1, -0.05) is 27.7 Å². The molecule has 1 rings (SSSR count). The molecule has 1 aliphatic heterocycles. The molecule has 1 atom stereocenters. The molecule has 0 aromatic carbocycles. The van der Waals surface area contributed by atoms with Crippen LogP contribution in [0, 0.1) is 11.3 Å². The quantitative estimate of drug-likeness (QED) is 0.457. The lowest BCUT2D eigenvalue weighted by molar-refractivity contribution is -0.137. The van der Waals surface area contributed by atoms with Gasteiger partial charge in [0.2, 0.25) is 5.91 Å². The summed E-state index contributed by atoms with van der Waals surface area (Å²) in [6.07, 6.45) is 5.52. The summed E-state index contributed by atoms with van der Waals surface area (Å²) in [5.74, 6) is -0.375. The molecule has 142 valence electrons. The molecule has 0 aromatic heterocycles. The molecule has 0 radical (unpaired) electrons. The molecule has 1 N–H and O–H groups in total. The lowest BCUT2D eigenvalue weighted by Gasteiger charge is -2.19. The zero-order valence-electron chi connectivity index (χ0n) is 16.0. The van der Waals surface area contributed by atoms with Crippen LogP contribution in [0.3, 0.4) is 0 Å². The summed E-state index contributed by atoms with van der Waals surface area (Å²) in [7, 11) is 0. The maximum Gasteiger partial charge on any atom is 0.253 e. The second-order valence-corrected chi connectivity index (χ2v) is 7.89. The van der Waals surface area contributed by atoms with Crippen LogP contribution in [0.1, 0.15) is 53.4 Å². The van der Waals surface area contributed by atoms with Crippen molar-refractivity contribution in [3.05, 3.63) is 12.2 Å². The minimum atomic E-state index is -0.349. The number of nitrogens with one attached hydrogen (secondary N) is 1. The van der Waals surface area contributed by atoms with E-state index < -0.39 is 0 Å². The van der Waals surface area contributed by atoms with Crippen molar-refractivity contribution in [1.82, 2.24) is 10.2 Å². The van der Waals surface area contributed by atoms with E-state index in [1.54, 1.807) is 0 Å². The van der Waals surface area contributed by atoms with Crippen LogP contribution in [0.5, 0.6) is 0 Å². The Bertz CT molecular complexity index is 476. The van der Waals surface area contributed by atoms with Crippen LogP contribution in [0.4, 0.5) is 0 Å². The van der Waals surface area contributed by atoms with Gasteiger partial charge >= 0.3 is 0 Å². The fourth-order valence-electron chi connectivity index (χ4n) is 2.38. The van der Waals surface area contributed by atoms with Gasteiger partial charge in [-0.05, 0) is 30.6 Å². The summed E-state index contributed by atoms with van der Waals surface area (Å²) in [5.41, 5.74) is 0.299. The first kappa shape index (κ1) is 21.4. The highest BCUT2D eigenvalue weighted by Crippen LogP contribution is 2.18. The third-order valence-corrected chi connectivity index (χ3v) is 4.06. The van der Waals surface area contributed by atoms with Gasteiger partial charge in [0.15, 0.2) is 0 Å². The summed E-state index contributed by atoms with van der Waals surface area (Å²) in [4.78, 5) is 35.6. The predicted octanol–water partition coefficient (Wildman–Crippen LogP) is 2.29. The molecule has 1 unspecified atom stereocenters. The van der Waals surface area contributed by atoms with Gasteiger partial charge in [-0.3, -0.25) is 19.3 Å². The zero-order valence-corrected chi connectivity index (χ0v) is 16.0. The van der Waals surface area contributed by atoms with Crippen molar-refractivity contribution >= 4 is 17.7 Å². The minimum Gasteiger partial charge on any atom is -0.381 e. The fourth-order valence-corrected chi connectivity index (χ4v) is 2.38. The number of hydrogen-bond donors (Lipinski definition) is 1. The summed E-state index contributed by atoms with van der Waals surface area (Å²) in [6, 6.07) is 0. The average Bonchev–Trinajstić information content (AvgIpc) is 2.84. The maximum absolute atomic E-state index is 11.8. The first-order valence-corrected chi connectivity index (χ1v) is 9.07. The second-order valence-electron chi connectivity index (χ2n) is 7.89. The Balaban J connectivity index is 2.02. The lowest BCUT2D eigenvalue weighted by atomic mass is 9.93. The van der Waals surface area contributed by atoms with Gasteiger partial charge in [0.05, 0.1) is 0 Å². The molecule has 6 nitrogen and oxygen atoms in total. The molecule has 1 heterocycles. The molecule has 25 heavy (non-hydrogen) atoms. The van der Waals surface area contributed by atoms with Crippen molar-refractivity contribution in [3.8, 4) is 0 Å². The Hall–Kier alpha value is -1.69. The summed E-state index contributed by atoms with van der Waals surface area (Å²) >= 11 is 0. The zero-order chi connectivity index (χ0) is 18.9. The number of ether oxygens (including phenoxy) is 1. The predicted molar refractivity (Wildman–Crippen MR) is 96.8 cm³/mol. The Morgan fingerprint density at radius 1 is 1.24 bits per heavy atom. The largest absolute Gasteiger partial charge is 0.381 e. The number of rotatable bonds is 11. The van der Waals surface area contributed by atoms with Crippen LogP contribution in [0.2, 0.25) is 0 Å². The topological polar surface area (TPSA) is 75.7 Å². The standard InChI is InChI=1S/C19H32N2O4/c1-15(14-25-13-10-19(2,3)4)6-5-11-20-16(22)9-12-21-17(23)7-8-18(21)24/h7-8,15H,5-6,9-14H2,1-4H3,(H,20,22). The number of imide groups is 1. The van der Waals surface area contributed by atoms with Crippen LogP contribution in [0.25, 0.3) is 0 Å². The van der Waals surface area contributed by atoms with Crippen molar-refractivity contribution in [1.29, 1.82) is 0 Å². The number of carbonyl (C=O) groups excluding carboxylic acids is 3. The first-order valence-electron chi connectivity index (χ1n) is 9.07. The summed E-state index contributed by atoms with van der Waals surface area (Å²) in [5, 5.41) is 2.83. The molecule has 6 heteroatoms. The van der Waals surface area contributed by atoms with Gasteiger partial charge in [0, 0.05) is 44.9 Å². The van der Waals surface area contributed by atoms with Crippen molar-refractivity contribution < 1.29 is 19.1 Å². The molecule has 0 saturated carbocycles. The fraction of sp³-hybridized carbons (Fsp3) is 0.737. The van der Waals surface area contributed by atoms with E-state index in [1.165, 1.54) is 12.2 Å². The van der Waals surface area contributed by atoms with E-state index in [1.807, 2.05) is 0 Å². The van der Waals surface area contributed by atoms with Crippen LogP contribution < -0.4 is 5.32 Å². The molecular weight excluding hydrogens is 320 g/mol. The molecule has 0 aromatic rings. The van der Waals surface area contributed by atoms with Crippen LogP contribution in [0.15, 0.2) is 12.2 Å². The van der Waals surface area contributed by atoms with E-state index in [4.69, 9.17) is 4.74 Å². The van der Waals surface area contributed by atoms with E-state index in [0.29, 0.717) is 17.9 Å². The second kappa shape index (κ2) is 10.3. The lowest BCUT2D eigenvalue weighted by Crippen LogP contribution is -2.35. The van der Waals surface area contributed by atoms with Gasteiger partial charge < -0.3 is 10.1 Å². The molecule has 0 saturated heterocycles. The first-order chi connectivity index (χ1) is 11.7. The Kier molecular flexibility index (Phi) is 8.83.